The third-order valence-electron chi connectivity index (χ3n) is 5.12. The highest BCUT2D eigenvalue weighted by Crippen LogP contribution is 2.41. The van der Waals surface area contributed by atoms with Crippen LogP contribution in [0, 0.1) is 0 Å². The van der Waals surface area contributed by atoms with Crippen LogP contribution in [0.1, 0.15) is 30.0 Å². The van der Waals surface area contributed by atoms with Gasteiger partial charge < -0.3 is 10.2 Å². The zero-order valence-electron chi connectivity index (χ0n) is 14.8. The van der Waals surface area contributed by atoms with E-state index in [0.29, 0.717) is 12.1 Å². The summed E-state index contributed by atoms with van der Waals surface area (Å²) in [5, 5.41) is 4.78. The Kier molecular flexibility index (Phi) is 8.14. The smallest absolute Gasteiger partial charge is 0.0409 e. The second-order valence-electron chi connectivity index (χ2n) is 6.89. The van der Waals surface area contributed by atoms with Gasteiger partial charge in [0.15, 0.2) is 0 Å². The molecule has 0 spiro atoms. The van der Waals surface area contributed by atoms with Crippen LogP contribution in [-0.4, -0.2) is 31.1 Å². The Labute approximate surface area is 177 Å². The lowest BCUT2D eigenvalue weighted by molar-refractivity contribution is 0.223. The van der Waals surface area contributed by atoms with Crippen molar-refractivity contribution in [3.8, 4) is 0 Å². The molecule has 0 amide bonds. The molecule has 0 radical (unpaired) electrons. The molecule has 2 heterocycles. The number of likely N-dealkylation sites (tertiary alicyclic amines) is 1. The van der Waals surface area contributed by atoms with E-state index in [9.17, 15) is 0 Å². The lowest BCUT2D eigenvalue weighted by atomic mass is 9.96. The molecule has 1 atom stereocenters. The molecule has 142 valence electrons. The normalized spacial score (nSPS) is 20.2. The van der Waals surface area contributed by atoms with Crippen molar-refractivity contribution in [2.75, 3.05) is 20.1 Å². The zero-order chi connectivity index (χ0) is 16.5. The van der Waals surface area contributed by atoms with Gasteiger partial charge >= 0.3 is 0 Å². The van der Waals surface area contributed by atoms with Crippen LogP contribution in [0.2, 0.25) is 5.02 Å². The first-order chi connectivity index (χ1) is 11.7. The number of nitrogens with zero attached hydrogens (tertiary/aromatic N) is 1. The Hall–Kier alpha value is -0.420. The second kappa shape index (κ2) is 9.68. The van der Waals surface area contributed by atoms with Crippen molar-refractivity contribution in [2.45, 2.75) is 41.1 Å². The first-order valence-electron chi connectivity index (χ1n) is 8.69. The Morgan fingerprint density at radius 2 is 1.77 bits per heavy atom. The van der Waals surface area contributed by atoms with Gasteiger partial charge in [0, 0.05) is 26.9 Å². The highest BCUT2D eigenvalue weighted by atomic mass is 35.5. The molecule has 0 aliphatic carbocycles. The number of rotatable bonds is 2. The number of piperidine rings is 1. The van der Waals surface area contributed by atoms with Crippen LogP contribution in [0.4, 0.5) is 0 Å². The summed E-state index contributed by atoms with van der Waals surface area (Å²) in [5.74, 6) is 0. The lowest BCUT2D eigenvalue weighted by Crippen LogP contribution is -2.42. The minimum Gasteiger partial charge on any atom is -0.307 e. The summed E-state index contributed by atoms with van der Waals surface area (Å²) >= 11 is 8.13. The predicted molar refractivity (Wildman–Crippen MR) is 117 cm³/mol. The standard InChI is InChI=1S/C20H23ClN2S.2ClH/c1-23-10-8-16(9-11-23)22-18-13-14-12-15(21)6-7-19(14)24-20-5-3-2-4-17(18)20;;/h2-7,12,16,18,22H,8-11,13H2,1H3;2*1H. The topological polar surface area (TPSA) is 15.3 Å². The van der Waals surface area contributed by atoms with E-state index < -0.39 is 0 Å². The molecule has 1 saturated heterocycles. The summed E-state index contributed by atoms with van der Waals surface area (Å²) in [6.45, 7) is 2.37. The molecule has 2 aliphatic heterocycles. The first-order valence-corrected chi connectivity index (χ1v) is 9.88. The van der Waals surface area contributed by atoms with Crippen LogP contribution in [0.5, 0.6) is 0 Å². The molecule has 1 N–H and O–H groups in total. The number of nitrogens with one attached hydrogen (secondary N) is 1. The van der Waals surface area contributed by atoms with Gasteiger partial charge in [0.2, 0.25) is 0 Å². The second-order valence-corrected chi connectivity index (χ2v) is 8.41. The molecule has 2 aliphatic rings. The molecule has 4 rings (SSSR count). The Bertz CT molecular complexity index is 733. The highest BCUT2D eigenvalue weighted by molar-refractivity contribution is 7.99. The van der Waals surface area contributed by atoms with E-state index >= 15 is 0 Å². The fourth-order valence-corrected chi connectivity index (χ4v) is 5.04. The van der Waals surface area contributed by atoms with Crippen LogP contribution in [0.15, 0.2) is 52.3 Å². The zero-order valence-corrected chi connectivity index (χ0v) is 18.0. The van der Waals surface area contributed by atoms with E-state index in [0.717, 1.165) is 11.4 Å². The molecule has 6 heteroatoms. The summed E-state index contributed by atoms with van der Waals surface area (Å²) < 4.78 is 0. The van der Waals surface area contributed by atoms with Crippen molar-refractivity contribution in [1.29, 1.82) is 0 Å². The summed E-state index contributed by atoms with van der Waals surface area (Å²) in [6, 6.07) is 16.1. The molecule has 1 unspecified atom stereocenters. The van der Waals surface area contributed by atoms with Crippen molar-refractivity contribution < 1.29 is 0 Å². The van der Waals surface area contributed by atoms with Crippen molar-refractivity contribution >= 4 is 48.2 Å². The largest absolute Gasteiger partial charge is 0.307 e. The Morgan fingerprint density at radius 3 is 2.54 bits per heavy atom. The SMILES string of the molecule is CN1CCC(NC2Cc3cc(Cl)ccc3Sc3ccccc32)CC1.Cl.Cl. The number of benzene rings is 2. The minimum atomic E-state index is 0. The van der Waals surface area contributed by atoms with Crippen LogP contribution in [0.3, 0.4) is 0 Å². The molecule has 1 fully saturated rings. The van der Waals surface area contributed by atoms with Gasteiger partial charge in [-0.2, -0.15) is 0 Å². The lowest BCUT2D eigenvalue weighted by Gasteiger charge is -2.33. The van der Waals surface area contributed by atoms with Gasteiger partial charge in [0.25, 0.3) is 0 Å². The summed E-state index contributed by atoms with van der Waals surface area (Å²) in [4.78, 5) is 5.12. The molecule has 0 aromatic heterocycles. The number of hydrogen-bond acceptors (Lipinski definition) is 3. The highest BCUT2D eigenvalue weighted by Gasteiger charge is 2.26. The third kappa shape index (κ3) is 4.89. The van der Waals surface area contributed by atoms with Crippen LogP contribution >= 0.6 is 48.2 Å². The molecular formula is C20H25Cl3N2S. The van der Waals surface area contributed by atoms with Crippen LogP contribution in [-0.2, 0) is 6.42 Å². The van der Waals surface area contributed by atoms with Gasteiger partial charge in [-0.3, -0.25) is 0 Å². The summed E-state index contributed by atoms with van der Waals surface area (Å²) in [7, 11) is 2.21. The van der Waals surface area contributed by atoms with Gasteiger partial charge in [0.1, 0.15) is 0 Å². The Balaban J connectivity index is 0.00000121. The van der Waals surface area contributed by atoms with E-state index in [1.54, 1.807) is 0 Å². The molecular weight excluding hydrogens is 407 g/mol. The van der Waals surface area contributed by atoms with Crippen LogP contribution < -0.4 is 5.32 Å². The third-order valence-corrected chi connectivity index (χ3v) is 6.56. The van der Waals surface area contributed by atoms with Gasteiger partial charge in [-0.1, -0.05) is 41.6 Å². The molecule has 2 aromatic carbocycles. The maximum Gasteiger partial charge on any atom is 0.0409 e. The molecule has 0 bridgehead atoms. The monoisotopic (exact) mass is 430 g/mol. The van der Waals surface area contributed by atoms with E-state index in [2.05, 4.69) is 53.7 Å². The average Bonchev–Trinajstić information content (AvgIpc) is 2.73. The maximum atomic E-state index is 6.26. The number of fused-ring (bicyclic) bond motifs is 2. The van der Waals surface area contributed by atoms with Crippen LogP contribution in [0.25, 0.3) is 0 Å². The van der Waals surface area contributed by atoms with Gasteiger partial charge in [-0.15, -0.1) is 24.8 Å². The first kappa shape index (κ1) is 21.9. The summed E-state index contributed by atoms with van der Waals surface area (Å²) in [5.41, 5.74) is 2.78. The maximum absolute atomic E-state index is 6.26. The number of halogens is 3. The van der Waals surface area contributed by atoms with Gasteiger partial charge in [-0.25, -0.2) is 0 Å². The average molecular weight is 432 g/mol. The quantitative estimate of drug-likeness (QED) is 0.664. The van der Waals surface area contributed by atoms with E-state index in [-0.39, 0.29) is 24.8 Å². The van der Waals surface area contributed by atoms with E-state index in [4.69, 9.17) is 11.6 Å². The van der Waals surface area contributed by atoms with Gasteiger partial charge in [-0.05, 0) is 74.8 Å². The van der Waals surface area contributed by atoms with Crippen molar-refractivity contribution in [3.05, 3.63) is 58.6 Å². The van der Waals surface area contributed by atoms with Gasteiger partial charge in [0.05, 0.1) is 0 Å². The van der Waals surface area contributed by atoms with Crippen molar-refractivity contribution in [2.24, 2.45) is 0 Å². The minimum absolute atomic E-state index is 0. The Morgan fingerprint density at radius 1 is 1.04 bits per heavy atom. The molecule has 2 aromatic rings. The fraction of sp³-hybridized carbons (Fsp3) is 0.400. The van der Waals surface area contributed by atoms with Crippen molar-refractivity contribution in [1.82, 2.24) is 10.2 Å². The van der Waals surface area contributed by atoms with Crippen molar-refractivity contribution in [3.63, 3.8) is 0 Å². The number of hydrogen-bond donors (Lipinski definition) is 1. The van der Waals surface area contributed by atoms with E-state index in [1.165, 1.54) is 46.8 Å². The van der Waals surface area contributed by atoms with E-state index in [1.807, 2.05) is 17.8 Å². The predicted octanol–water partition coefficient (Wildman–Crippen LogP) is 5.62. The molecule has 2 nitrogen and oxygen atoms in total. The fourth-order valence-electron chi connectivity index (χ4n) is 3.73. The molecule has 0 saturated carbocycles. The summed E-state index contributed by atoms with van der Waals surface area (Å²) in [6.07, 6.45) is 3.46. The molecule has 26 heavy (non-hydrogen) atoms.